The molecule has 4 rings (SSSR count). The zero-order chi connectivity index (χ0) is 16.8. The maximum atomic E-state index is 6.31. The number of benzene rings is 4. The summed E-state index contributed by atoms with van der Waals surface area (Å²) < 4.78 is 0. The summed E-state index contributed by atoms with van der Waals surface area (Å²) in [5.74, 6) is 0. The van der Waals surface area contributed by atoms with Crippen molar-refractivity contribution in [2.75, 3.05) is 11.5 Å². The molecule has 4 aromatic rings. The van der Waals surface area contributed by atoms with Gasteiger partial charge < -0.3 is 11.5 Å². The van der Waals surface area contributed by atoms with Crippen LogP contribution in [-0.2, 0) is 0 Å². The smallest absolute Gasteiger partial charge is 0.0423 e. The summed E-state index contributed by atoms with van der Waals surface area (Å²) in [5, 5.41) is 4.56. The van der Waals surface area contributed by atoms with Gasteiger partial charge in [0.2, 0.25) is 0 Å². The van der Waals surface area contributed by atoms with Gasteiger partial charge >= 0.3 is 0 Å². The number of fused-ring (bicyclic) bond motifs is 2. The first-order valence-electron chi connectivity index (χ1n) is 8.14. The SMILES string of the molecule is Cc1cc(-c2cc(C)c(N)c3ccccc23)c2ccccc2c1N. The summed E-state index contributed by atoms with van der Waals surface area (Å²) in [6.07, 6.45) is 0. The molecule has 0 aliphatic rings. The molecule has 0 bridgehead atoms. The van der Waals surface area contributed by atoms with Crippen molar-refractivity contribution in [1.82, 2.24) is 0 Å². The van der Waals surface area contributed by atoms with E-state index in [1.165, 1.54) is 21.9 Å². The minimum absolute atomic E-state index is 0.853. The lowest BCUT2D eigenvalue weighted by molar-refractivity contribution is 1.48. The van der Waals surface area contributed by atoms with Crippen LogP contribution in [0.3, 0.4) is 0 Å². The number of aryl methyl sites for hydroxylation is 2. The Labute approximate surface area is 141 Å². The Morgan fingerprint density at radius 1 is 0.542 bits per heavy atom. The first kappa shape index (κ1) is 14.6. The van der Waals surface area contributed by atoms with E-state index >= 15 is 0 Å². The Kier molecular flexibility index (Phi) is 3.20. The van der Waals surface area contributed by atoms with Gasteiger partial charge in [0.05, 0.1) is 0 Å². The van der Waals surface area contributed by atoms with Crippen molar-refractivity contribution in [2.24, 2.45) is 0 Å². The fraction of sp³-hybridized carbons (Fsp3) is 0.0909. The number of anilines is 2. The Morgan fingerprint density at radius 2 is 0.875 bits per heavy atom. The third kappa shape index (κ3) is 2.04. The number of nitrogen functional groups attached to an aromatic ring is 2. The summed E-state index contributed by atoms with van der Waals surface area (Å²) in [7, 11) is 0. The Balaban J connectivity index is 2.19. The van der Waals surface area contributed by atoms with E-state index in [0.717, 1.165) is 33.3 Å². The Morgan fingerprint density at radius 3 is 1.25 bits per heavy atom. The minimum Gasteiger partial charge on any atom is -0.398 e. The predicted octanol–water partition coefficient (Wildman–Crippen LogP) is 5.44. The lowest BCUT2D eigenvalue weighted by Crippen LogP contribution is -1.96. The maximum absolute atomic E-state index is 6.31. The average molecular weight is 312 g/mol. The molecule has 0 radical (unpaired) electrons. The van der Waals surface area contributed by atoms with Crippen LogP contribution in [0.1, 0.15) is 11.1 Å². The molecule has 0 aliphatic carbocycles. The molecular formula is C22H20N2. The Hall–Kier alpha value is -3.00. The molecule has 0 saturated carbocycles. The topological polar surface area (TPSA) is 52.0 Å². The van der Waals surface area contributed by atoms with Crippen molar-refractivity contribution in [2.45, 2.75) is 13.8 Å². The fourth-order valence-electron chi connectivity index (χ4n) is 3.52. The molecular weight excluding hydrogens is 292 g/mol. The normalized spacial score (nSPS) is 11.2. The molecule has 0 aromatic heterocycles. The van der Waals surface area contributed by atoms with Crippen LogP contribution in [0.25, 0.3) is 32.7 Å². The summed E-state index contributed by atoms with van der Waals surface area (Å²) >= 11 is 0. The molecule has 24 heavy (non-hydrogen) atoms. The third-order valence-electron chi connectivity index (χ3n) is 4.88. The van der Waals surface area contributed by atoms with Gasteiger partial charge in [-0.05, 0) is 59.0 Å². The highest BCUT2D eigenvalue weighted by molar-refractivity contribution is 6.11. The van der Waals surface area contributed by atoms with Gasteiger partial charge in [-0.1, -0.05) is 48.5 Å². The maximum Gasteiger partial charge on any atom is 0.0423 e. The fourth-order valence-corrected chi connectivity index (χ4v) is 3.52. The van der Waals surface area contributed by atoms with Crippen LogP contribution < -0.4 is 11.5 Å². The molecule has 0 unspecified atom stereocenters. The molecule has 0 atom stereocenters. The molecule has 0 aliphatic heterocycles. The zero-order valence-corrected chi connectivity index (χ0v) is 13.9. The second-order valence-electron chi connectivity index (χ2n) is 6.40. The van der Waals surface area contributed by atoms with E-state index < -0.39 is 0 Å². The monoisotopic (exact) mass is 312 g/mol. The minimum atomic E-state index is 0.853. The van der Waals surface area contributed by atoms with E-state index in [9.17, 15) is 0 Å². The van der Waals surface area contributed by atoms with Crippen LogP contribution in [0, 0.1) is 13.8 Å². The molecule has 0 saturated heterocycles. The van der Waals surface area contributed by atoms with E-state index in [1.807, 2.05) is 12.1 Å². The first-order chi connectivity index (χ1) is 11.6. The van der Waals surface area contributed by atoms with Crippen molar-refractivity contribution in [3.8, 4) is 11.1 Å². The molecule has 4 N–H and O–H groups in total. The first-order valence-corrected chi connectivity index (χ1v) is 8.14. The van der Waals surface area contributed by atoms with Gasteiger partial charge in [-0.25, -0.2) is 0 Å². The molecule has 0 heterocycles. The van der Waals surface area contributed by atoms with Crippen LogP contribution in [-0.4, -0.2) is 0 Å². The standard InChI is InChI=1S/C22H20N2/c1-13-11-19(15-7-3-5-9-17(15)21(13)23)20-12-14(2)22(24)18-10-6-4-8-16(18)20/h3-12H,23-24H2,1-2H3. The summed E-state index contributed by atoms with van der Waals surface area (Å²) in [5.41, 5.74) is 18.9. The molecule has 4 aromatic carbocycles. The van der Waals surface area contributed by atoms with Gasteiger partial charge in [0, 0.05) is 22.1 Å². The summed E-state index contributed by atoms with van der Waals surface area (Å²) in [6, 6.07) is 21.0. The zero-order valence-electron chi connectivity index (χ0n) is 13.9. The average Bonchev–Trinajstić information content (AvgIpc) is 2.61. The van der Waals surface area contributed by atoms with Gasteiger partial charge in [0.1, 0.15) is 0 Å². The third-order valence-corrected chi connectivity index (χ3v) is 4.88. The molecule has 2 heteroatoms. The van der Waals surface area contributed by atoms with Gasteiger partial charge in [0.25, 0.3) is 0 Å². The predicted molar refractivity (Wildman–Crippen MR) is 105 cm³/mol. The number of hydrogen-bond acceptors (Lipinski definition) is 2. The van der Waals surface area contributed by atoms with E-state index in [4.69, 9.17) is 11.5 Å². The Bertz CT molecular complexity index is 1000. The molecule has 2 nitrogen and oxygen atoms in total. The van der Waals surface area contributed by atoms with E-state index in [2.05, 4.69) is 62.4 Å². The van der Waals surface area contributed by atoms with E-state index in [0.29, 0.717) is 0 Å². The van der Waals surface area contributed by atoms with Crippen LogP contribution in [0.5, 0.6) is 0 Å². The van der Waals surface area contributed by atoms with Gasteiger partial charge in [0.15, 0.2) is 0 Å². The van der Waals surface area contributed by atoms with E-state index in [-0.39, 0.29) is 0 Å². The van der Waals surface area contributed by atoms with Gasteiger partial charge in [-0.3, -0.25) is 0 Å². The quantitative estimate of drug-likeness (QED) is 0.460. The van der Waals surface area contributed by atoms with Gasteiger partial charge in [-0.15, -0.1) is 0 Å². The van der Waals surface area contributed by atoms with Crippen molar-refractivity contribution < 1.29 is 0 Å². The molecule has 0 spiro atoms. The highest BCUT2D eigenvalue weighted by Gasteiger charge is 2.13. The largest absolute Gasteiger partial charge is 0.398 e. The van der Waals surface area contributed by atoms with Crippen molar-refractivity contribution in [3.05, 3.63) is 71.8 Å². The lowest BCUT2D eigenvalue weighted by Gasteiger charge is -2.16. The van der Waals surface area contributed by atoms with Crippen molar-refractivity contribution in [3.63, 3.8) is 0 Å². The van der Waals surface area contributed by atoms with Crippen LogP contribution in [0.15, 0.2) is 60.7 Å². The van der Waals surface area contributed by atoms with Crippen LogP contribution >= 0.6 is 0 Å². The molecule has 118 valence electrons. The number of rotatable bonds is 1. The highest BCUT2D eigenvalue weighted by atomic mass is 14.6. The summed E-state index contributed by atoms with van der Waals surface area (Å²) in [4.78, 5) is 0. The van der Waals surface area contributed by atoms with Gasteiger partial charge in [-0.2, -0.15) is 0 Å². The second-order valence-corrected chi connectivity index (χ2v) is 6.40. The molecule has 0 amide bonds. The van der Waals surface area contributed by atoms with Crippen LogP contribution in [0.4, 0.5) is 11.4 Å². The highest BCUT2D eigenvalue weighted by Crippen LogP contribution is 2.40. The lowest BCUT2D eigenvalue weighted by atomic mass is 9.89. The second kappa shape index (κ2) is 5.27. The summed E-state index contributed by atoms with van der Waals surface area (Å²) in [6.45, 7) is 4.13. The van der Waals surface area contributed by atoms with E-state index in [1.54, 1.807) is 0 Å². The van der Waals surface area contributed by atoms with Crippen molar-refractivity contribution >= 4 is 32.9 Å². The van der Waals surface area contributed by atoms with Crippen molar-refractivity contribution in [1.29, 1.82) is 0 Å². The van der Waals surface area contributed by atoms with Crippen LogP contribution in [0.2, 0.25) is 0 Å². The number of hydrogen-bond donors (Lipinski definition) is 2. The number of nitrogens with two attached hydrogens (primary N) is 2. The molecule has 0 fully saturated rings.